The first-order valence-corrected chi connectivity index (χ1v) is 8.62. The van der Waals surface area contributed by atoms with Gasteiger partial charge in [0, 0.05) is 6.07 Å². The quantitative estimate of drug-likeness (QED) is 0.814. The Balaban J connectivity index is 2.05. The van der Waals surface area contributed by atoms with Crippen LogP contribution < -0.4 is 14.8 Å². The van der Waals surface area contributed by atoms with Crippen LogP contribution in [0.1, 0.15) is 43.0 Å². The summed E-state index contributed by atoms with van der Waals surface area (Å²) in [5, 5.41) is 3.10. The fourth-order valence-corrected chi connectivity index (χ4v) is 2.84. The molecule has 4 nitrogen and oxygen atoms in total. The molecule has 134 valence electrons. The number of ether oxygens (including phenoxy) is 2. The summed E-state index contributed by atoms with van der Waals surface area (Å²) in [6.45, 7) is 7.97. The van der Waals surface area contributed by atoms with E-state index < -0.39 is 6.10 Å². The highest BCUT2D eigenvalue weighted by atomic mass is 16.5. The minimum Gasteiger partial charge on any atom is -0.497 e. The molecule has 0 saturated heterocycles. The Hall–Kier alpha value is -2.49. The Kier molecular flexibility index (Phi) is 6.45. The second-order valence-electron chi connectivity index (χ2n) is 6.27. The lowest BCUT2D eigenvalue weighted by molar-refractivity contribution is -0.128. The van der Waals surface area contributed by atoms with Gasteiger partial charge in [-0.3, -0.25) is 4.79 Å². The van der Waals surface area contributed by atoms with Gasteiger partial charge < -0.3 is 14.8 Å². The van der Waals surface area contributed by atoms with Gasteiger partial charge in [-0.1, -0.05) is 36.8 Å². The summed E-state index contributed by atoms with van der Waals surface area (Å²) in [5.74, 6) is 1.18. The minimum atomic E-state index is -0.591. The highest BCUT2D eigenvalue weighted by molar-refractivity contribution is 5.81. The second kappa shape index (κ2) is 8.56. The third-order valence-corrected chi connectivity index (χ3v) is 4.25. The maximum atomic E-state index is 12.6. The van der Waals surface area contributed by atoms with Gasteiger partial charge in [-0.2, -0.15) is 0 Å². The van der Waals surface area contributed by atoms with Crippen molar-refractivity contribution in [3.8, 4) is 11.5 Å². The van der Waals surface area contributed by atoms with E-state index >= 15 is 0 Å². The van der Waals surface area contributed by atoms with E-state index in [1.807, 2.05) is 18.2 Å². The Morgan fingerprint density at radius 1 is 1.12 bits per heavy atom. The summed E-state index contributed by atoms with van der Waals surface area (Å²) in [7, 11) is 1.60. The minimum absolute atomic E-state index is 0.0236. The smallest absolute Gasteiger partial charge is 0.261 e. The number of nitrogens with one attached hydrogen (secondary N) is 1. The first-order valence-electron chi connectivity index (χ1n) is 8.62. The SMILES string of the molecule is CC[C@@H](NC(=O)[C@H](C)Oc1cccc(OC)c1)c1ccc(C)cc1C. The van der Waals surface area contributed by atoms with Gasteiger partial charge in [-0.15, -0.1) is 0 Å². The molecule has 2 rings (SSSR count). The summed E-state index contributed by atoms with van der Waals surface area (Å²) >= 11 is 0. The Morgan fingerprint density at radius 2 is 1.84 bits per heavy atom. The first-order chi connectivity index (χ1) is 11.9. The van der Waals surface area contributed by atoms with E-state index in [1.54, 1.807) is 20.1 Å². The lowest BCUT2D eigenvalue weighted by Gasteiger charge is -2.22. The largest absolute Gasteiger partial charge is 0.497 e. The van der Waals surface area contributed by atoms with Crippen molar-refractivity contribution in [2.45, 2.75) is 46.3 Å². The van der Waals surface area contributed by atoms with Gasteiger partial charge in [-0.25, -0.2) is 0 Å². The van der Waals surface area contributed by atoms with Crippen LogP contribution in [0.2, 0.25) is 0 Å². The average molecular weight is 341 g/mol. The standard InChI is InChI=1S/C21H27NO3/c1-6-20(19-11-10-14(2)12-15(19)3)22-21(23)16(4)25-18-9-7-8-17(13-18)24-5/h7-13,16,20H,6H2,1-5H3,(H,22,23)/t16-,20+/m0/s1. The van der Waals surface area contributed by atoms with Gasteiger partial charge in [0.05, 0.1) is 13.2 Å². The van der Waals surface area contributed by atoms with Crippen molar-refractivity contribution < 1.29 is 14.3 Å². The van der Waals surface area contributed by atoms with Crippen LogP contribution >= 0.6 is 0 Å². The Labute approximate surface area is 150 Å². The molecular weight excluding hydrogens is 314 g/mol. The van der Waals surface area contributed by atoms with Crippen LogP contribution in [0.4, 0.5) is 0 Å². The number of carbonyl (C=O) groups is 1. The van der Waals surface area contributed by atoms with Crippen LogP contribution in [0.25, 0.3) is 0 Å². The molecule has 1 N–H and O–H groups in total. The molecule has 0 aromatic heterocycles. The molecule has 0 unspecified atom stereocenters. The van der Waals surface area contributed by atoms with Crippen LogP contribution in [0.3, 0.4) is 0 Å². The van der Waals surface area contributed by atoms with Crippen molar-refractivity contribution >= 4 is 5.91 Å². The van der Waals surface area contributed by atoms with Crippen molar-refractivity contribution in [3.63, 3.8) is 0 Å². The molecular formula is C21H27NO3. The highest BCUT2D eigenvalue weighted by Crippen LogP contribution is 2.23. The van der Waals surface area contributed by atoms with Crippen LogP contribution in [0, 0.1) is 13.8 Å². The van der Waals surface area contributed by atoms with Crippen LogP contribution in [-0.2, 0) is 4.79 Å². The predicted octanol–water partition coefficient (Wildman–Crippen LogP) is 4.35. The molecule has 1 amide bonds. The highest BCUT2D eigenvalue weighted by Gasteiger charge is 2.20. The third kappa shape index (κ3) is 4.99. The summed E-state index contributed by atoms with van der Waals surface area (Å²) in [5.41, 5.74) is 3.56. The molecule has 0 radical (unpaired) electrons. The molecule has 2 aromatic rings. The van der Waals surface area contributed by atoms with Gasteiger partial charge in [0.2, 0.25) is 0 Å². The number of amides is 1. The van der Waals surface area contributed by atoms with Crippen molar-refractivity contribution in [3.05, 3.63) is 59.2 Å². The molecule has 0 spiro atoms. The van der Waals surface area contributed by atoms with E-state index in [0.29, 0.717) is 11.5 Å². The Morgan fingerprint density at radius 3 is 2.48 bits per heavy atom. The van der Waals surface area contributed by atoms with Crippen LogP contribution in [0.5, 0.6) is 11.5 Å². The lowest BCUT2D eigenvalue weighted by atomic mass is 9.97. The summed E-state index contributed by atoms with van der Waals surface area (Å²) < 4.78 is 10.9. The zero-order valence-electron chi connectivity index (χ0n) is 15.6. The number of methoxy groups -OCH3 is 1. The van der Waals surface area contributed by atoms with Gasteiger partial charge in [0.15, 0.2) is 6.10 Å². The summed E-state index contributed by atoms with van der Waals surface area (Å²) in [6.07, 6.45) is 0.230. The van der Waals surface area contributed by atoms with Crippen molar-refractivity contribution in [2.24, 2.45) is 0 Å². The number of rotatable bonds is 7. The van der Waals surface area contributed by atoms with Crippen LogP contribution in [0.15, 0.2) is 42.5 Å². The van der Waals surface area contributed by atoms with Gasteiger partial charge in [0.1, 0.15) is 11.5 Å². The molecule has 0 fully saturated rings. The average Bonchev–Trinajstić information content (AvgIpc) is 2.60. The maximum absolute atomic E-state index is 12.6. The fourth-order valence-electron chi connectivity index (χ4n) is 2.84. The molecule has 2 atom stereocenters. The fraction of sp³-hybridized carbons (Fsp3) is 0.381. The van der Waals surface area contributed by atoms with E-state index in [0.717, 1.165) is 12.0 Å². The number of hydrogen-bond donors (Lipinski definition) is 1. The number of hydrogen-bond acceptors (Lipinski definition) is 3. The molecule has 0 aliphatic rings. The van der Waals surface area contributed by atoms with E-state index in [2.05, 4.69) is 44.3 Å². The first kappa shape index (κ1) is 18.8. The van der Waals surface area contributed by atoms with Crippen molar-refractivity contribution in [1.29, 1.82) is 0 Å². The van der Waals surface area contributed by atoms with Gasteiger partial charge >= 0.3 is 0 Å². The predicted molar refractivity (Wildman–Crippen MR) is 100 cm³/mol. The second-order valence-corrected chi connectivity index (χ2v) is 6.27. The van der Waals surface area contributed by atoms with Gasteiger partial charge in [0.25, 0.3) is 5.91 Å². The molecule has 0 saturated carbocycles. The van der Waals surface area contributed by atoms with Crippen molar-refractivity contribution in [2.75, 3.05) is 7.11 Å². The molecule has 25 heavy (non-hydrogen) atoms. The lowest BCUT2D eigenvalue weighted by Crippen LogP contribution is -2.38. The molecule has 0 aliphatic carbocycles. The normalized spacial score (nSPS) is 13.0. The van der Waals surface area contributed by atoms with E-state index in [4.69, 9.17) is 9.47 Å². The van der Waals surface area contributed by atoms with Crippen LogP contribution in [-0.4, -0.2) is 19.1 Å². The van der Waals surface area contributed by atoms with Gasteiger partial charge in [-0.05, 0) is 50.5 Å². The zero-order chi connectivity index (χ0) is 18.4. The third-order valence-electron chi connectivity index (χ3n) is 4.25. The maximum Gasteiger partial charge on any atom is 0.261 e. The molecule has 0 aliphatic heterocycles. The topological polar surface area (TPSA) is 47.6 Å². The monoisotopic (exact) mass is 341 g/mol. The molecule has 2 aromatic carbocycles. The molecule has 0 bridgehead atoms. The van der Waals surface area contributed by atoms with E-state index in [-0.39, 0.29) is 11.9 Å². The van der Waals surface area contributed by atoms with E-state index in [9.17, 15) is 4.79 Å². The zero-order valence-corrected chi connectivity index (χ0v) is 15.6. The Bertz CT molecular complexity index is 727. The van der Waals surface area contributed by atoms with E-state index in [1.165, 1.54) is 11.1 Å². The summed E-state index contributed by atoms with van der Waals surface area (Å²) in [4.78, 5) is 12.6. The summed E-state index contributed by atoms with van der Waals surface area (Å²) in [6, 6.07) is 13.5. The molecule has 4 heteroatoms. The number of aryl methyl sites for hydroxylation is 2. The number of carbonyl (C=O) groups excluding carboxylic acids is 1. The van der Waals surface area contributed by atoms with Crippen molar-refractivity contribution in [1.82, 2.24) is 5.32 Å². The molecule has 0 heterocycles. The number of benzene rings is 2.